The minimum absolute atomic E-state index is 0.0567. The fraction of sp³-hybridized carbons (Fsp3) is 0.867. The predicted molar refractivity (Wildman–Crippen MR) is 77.9 cm³/mol. The summed E-state index contributed by atoms with van der Waals surface area (Å²) in [6.07, 6.45) is 3.28. The Balaban J connectivity index is 3.62. The molecular formula is C15H28O6. The fourth-order valence-electron chi connectivity index (χ4n) is 1.59. The molecule has 0 aromatic rings. The molecule has 0 saturated heterocycles. The SMILES string of the molecule is COCCCCOC(=O)CC(C)C(=O)OCCCCOC. The number of hydrogen-bond acceptors (Lipinski definition) is 6. The van der Waals surface area contributed by atoms with Crippen molar-refractivity contribution in [1.29, 1.82) is 0 Å². The monoisotopic (exact) mass is 304 g/mol. The van der Waals surface area contributed by atoms with Crippen LogP contribution in [0.2, 0.25) is 0 Å². The number of ether oxygens (including phenoxy) is 4. The predicted octanol–water partition coefficient (Wildman–Crippen LogP) is 1.95. The molecule has 0 aliphatic carbocycles. The normalized spacial score (nSPS) is 12.0. The molecule has 0 fully saturated rings. The number of esters is 2. The van der Waals surface area contributed by atoms with E-state index in [0.29, 0.717) is 26.4 Å². The summed E-state index contributed by atoms with van der Waals surface area (Å²) in [4.78, 5) is 23.2. The van der Waals surface area contributed by atoms with Gasteiger partial charge in [0.1, 0.15) is 0 Å². The average Bonchev–Trinajstić information content (AvgIpc) is 2.46. The maximum Gasteiger partial charge on any atom is 0.309 e. The Labute approximate surface area is 127 Å². The molecule has 0 radical (unpaired) electrons. The highest BCUT2D eigenvalue weighted by molar-refractivity contribution is 5.79. The zero-order chi connectivity index (χ0) is 15.9. The minimum Gasteiger partial charge on any atom is -0.466 e. The van der Waals surface area contributed by atoms with Crippen LogP contribution in [-0.2, 0) is 28.5 Å². The second kappa shape index (κ2) is 13.8. The summed E-state index contributed by atoms with van der Waals surface area (Å²) < 4.78 is 19.9. The van der Waals surface area contributed by atoms with Gasteiger partial charge in [-0.2, -0.15) is 0 Å². The lowest BCUT2D eigenvalue weighted by molar-refractivity contribution is -0.154. The van der Waals surface area contributed by atoms with E-state index < -0.39 is 5.92 Å². The van der Waals surface area contributed by atoms with Gasteiger partial charge in [-0.15, -0.1) is 0 Å². The van der Waals surface area contributed by atoms with Gasteiger partial charge < -0.3 is 18.9 Å². The Kier molecular flexibility index (Phi) is 13.1. The molecule has 0 spiro atoms. The van der Waals surface area contributed by atoms with Crippen LogP contribution < -0.4 is 0 Å². The lowest BCUT2D eigenvalue weighted by Gasteiger charge is -2.11. The molecule has 1 atom stereocenters. The Morgan fingerprint density at radius 1 is 0.810 bits per heavy atom. The minimum atomic E-state index is -0.473. The van der Waals surface area contributed by atoms with Crippen LogP contribution in [0.3, 0.4) is 0 Å². The molecule has 0 heterocycles. The van der Waals surface area contributed by atoms with Crippen LogP contribution in [0.15, 0.2) is 0 Å². The largest absolute Gasteiger partial charge is 0.466 e. The van der Waals surface area contributed by atoms with Crippen molar-refractivity contribution in [2.75, 3.05) is 40.6 Å². The molecule has 0 N–H and O–H groups in total. The molecule has 6 heteroatoms. The van der Waals surface area contributed by atoms with Gasteiger partial charge in [-0.25, -0.2) is 0 Å². The van der Waals surface area contributed by atoms with Crippen molar-refractivity contribution >= 4 is 11.9 Å². The Morgan fingerprint density at radius 2 is 1.29 bits per heavy atom. The van der Waals surface area contributed by atoms with Gasteiger partial charge in [-0.1, -0.05) is 6.92 Å². The first-order valence-corrected chi connectivity index (χ1v) is 7.42. The maximum atomic E-state index is 11.6. The van der Waals surface area contributed by atoms with Crippen LogP contribution in [-0.4, -0.2) is 52.6 Å². The zero-order valence-electron chi connectivity index (χ0n) is 13.4. The smallest absolute Gasteiger partial charge is 0.309 e. The van der Waals surface area contributed by atoms with E-state index in [1.165, 1.54) is 0 Å². The average molecular weight is 304 g/mol. The Hall–Kier alpha value is -1.14. The maximum absolute atomic E-state index is 11.6. The first kappa shape index (κ1) is 19.9. The van der Waals surface area contributed by atoms with Crippen molar-refractivity contribution in [3.8, 4) is 0 Å². The molecule has 6 nitrogen and oxygen atoms in total. The van der Waals surface area contributed by atoms with E-state index in [1.807, 2.05) is 0 Å². The molecule has 0 aromatic carbocycles. The Bertz CT molecular complexity index is 279. The van der Waals surface area contributed by atoms with Gasteiger partial charge >= 0.3 is 11.9 Å². The molecule has 0 saturated carbocycles. The van der Waals surface area contributed by atoms with Gasteiger partial charge in [-0.05, 0) is 25.7 Å². The Morgan fingerprint density at radius 3 is 1.81 bits per heavy atom. The van der Waals surface area contributed by atoms with E-state index in [0.717, 1.165) is 25.7 Å². The van der Waals surface area contributed by atoms with E-state index in [9.17, 15) is 9.59 Å². The second-order valence-electron chi connectivity index (χ2n) is 4.89. The van der Waals surface area contributed by atoms with Gasteiger partial charge in [0.05, 0.1) is 25.6 Å². The van der Waals surface area contributed by atoms with Crippen molar-refractivity contribution in [1.82, 2.24) is 0 Å². The van der Waals surface area contributed by atoms with E-state index in [1.54, 1.807) is 21.1 Å². The molecule has 0 bridgehead atoms. The summed E-state index contributed by atoms with van der Waals surface area (Å²) in [5, 5.41) is 0. The van der Waals surface area contributed by atoms with Crippen molar-refractivity contribution < 1.29 is 28.5 Å². The number of hydrogen-bond donors (Lipinski definition) is 0. The molecule has 124 valence electrons. The fourth-order valence-corrected chi connectivity index (χ4v) is 1.59. The van der Waals surface area contributed by atoms with Gasteiger partial charge in [0.2, 0.25) is 0 Å². The summed E-state index contributed by atoms with van der Waals surface area (Å²) in [7, 11) is 3.27. The molecule has 0 aromatic heterocycles. The van der Waals surface area contributed by atoms with E-state index in [-0.39, 0.29) is 18.4 Å². The molecule has 0 aliphatic heterocycles. The lowest BCUT2D eigenvalue weighted by atomic mass is 10.1. The topological polar surface area (TPSA) is 71.1 Å². The third kappa shape index (κ3) is 12.3. The highest BCUT2D eigenvalue weighted by Crippen LogP contribution is 2.07. The standard InChI is InChI=1S/C15H28O6/c1-13(15(17)21-11-7-5-9-19-3)12-14(16)20-10-6-4-8-18-2/h13H,4-12H2,1-3H3. The molecule has 0 amide bonds. The van der Waals surface area contributed by atoms with Crippen molar-refractivity contribution in [2.24, 2.45) is 5.92 Å². The van der Waals surface area contributed by atoms with Gasteiger partial charge in [-0.3, -0.25) is 9.59 Å². The first-order chi connectivity index (χ1) is 10.1. The number of unbranched alkanes of at least 4 members (excludes halogenated alkanes) is 2. The van der Waals surface area contributed by atoms with Gasteiger partial charge in [0, 0.05) is 27.4 Å². The summed E-state index contributed by atoms with van der Waals surface area (Å²) in [5.74, 6) is -1.20. The summed E-state index contributed by atoms with van der Waals surface area (Å²) >= 11 is 0. The van der Waals surface area contributed by atoms with Crippen LogP contribution in [0, 0.1) is 5.92 Å². The third-order valence-electron chi connectivity index (χ3n) is 2.87. The summed E-state index contributed by atoms with van der Waals surface area (Å²) in [5.41, 5.74) is 0. The summed E-state index contributed by atoms with van der Waals surface area (Å²) in [6, 6.07) is 0. The molecule has 1 unspecified atom stereocenters. The number of methoxy groups -OCH3 is 2. The molecule has 21 heavy (non-hydrogen) atoms. The van der Waals surface area contributed by atoms with Crippen LogP contribution in [0.1, 0.15) is 39.0 Å². The van der Waals surface area contributed by atoms with E-state index in [2.05, 4.69) is 0 Å². The van der Waals surface area contributed by atoms with Crippen LogP contribution >= 0.6 is 0 Å². The highest BCUT2D eigenvalue weighted by atomic mass is 16.5. The number of carbonyl (C=O) groups excluding carboxylic acids is 2. The number of carbonyl (C=O) groups is 2. The molecular weight excluding hydrogens is 276 g/mol. The lowest BCUT2D eigenvalue weighted by Crippen LogP contribution is -2.20. The highest BCUT2D eigenvalue weighted by Gasteiger charge is 2.19. The van der Waals surface area contributed by atoms with Crippen molar-refractivity contribution in [3.05, 3.63) is 0 Å². The van der Waals surface area contributed by atoms with Gasteiger partial charge in [0.15, 0.2) is 0 Å². The van der Waals surface area contributed by atoms with Crippen LogP contribution in [0.25, 0.3) is 0 Å². The molecule has 0 aliphatic rings. The zero-order valence-corrected chi connectivity index (χ0v) is 13.4. The summed E-state index contributed by atoms with van der Waals surface area (Å²) in [6.45, 7) is 3.70. The van der Waals surface area contributed by atoms with E-state index in [4.69, 9.17) is 18.9 Å². The number of rotatable bonds is 13. The first-order valence-electron chi connectivity index (χ1n) is 7.42. The van der Waals surface area contributed by atoms with Crippen LogP contribution in [0.4, 0.5) is 0 Å². The quantitative estimate of drug-likeness (QED) is 0.382. The van der Waals surface area contributed by atoms with E-state index >= 15 is 0 Å². The third-order valence-corrected chi connectivity index (χ3v) is 2.87. The molecule has 0 rings (SSSR count). The second-order valence-corrected chi connectivity index (χ2v) is 4.89. The van der Waals surface area contributed by atoms with Crippen molar-refractivity contribution in [2.45, 2.75) is 39.0 Å². The van der Waals surface area contributed by atoms with Crippen LogP contribution in [0.5, 0.6) is 0 Å². The van der Waals surface area contributed by atoms with Gasteiger partial charge in [0.25, 0.3) is 0 Å². The van der Waals surface area contributed by atoms with Crippen molar-refractivity contribution in [3.63, 3.8) is 0 Å².